The van der Waals surface area contributed by atoms with Crippen molar-refractivity contribution < 1.29 is 4.74 Å². The van der Waals surface area contributed by atoms with Crippen molar-refractivity contribution in [1.82, 2.24) is 9.55 Å². The highest BCUT2D eigenvalue weighted by atomic mass is 16.5. The summed E-state index contributed by atoms with van der Waals surface area (Å²) in [6, 6.07) is 0. The minimum Gasteiger partial charge on any atom is -0.381 e. The summed E-state index contributed by atoms with van der Waals surface area (Å²) in [7, 11) is 1.89. The van der Waals surface area contributed by atoms with E-state index in [1.807, 2.05) is 14.0 Å². The molecule has 15 heavy (non-hydrogen) atoms. The summed E-state index contributed by atoms with van der Waals surface area (Å²) in [5, 5.41) is 3.08. The van der Waals surface area contributed by atoms with E-state index in [4.69, 9.17) is 4.74 Å². The van der Waals surface area contributed by atoms with Gasteiger partial charge in [-0.05, 0) is 19.8 Å². The minimum absolute atomic E-state index is 0.828. The van der Waals surface area contributed by atoms with Gasteiger partial charge in [0.05, 0.1) is 5.69 Å². The first-order chi connectivity index (χ1) is 7.27. The van der Waals surface area contributed by atoms with Crippen LogP contribution >= 0.6 is 0 Å². The fourth-order valence-corrected chi connectivity index (χ4v) is 1.50. The highest BCUT2D eigenvalue weighted by molar-refractivity contribution is 5.27. The number of nitrogens with one attached hydrogen (secondary N) is 1. The fourth-order valence-electron chi connectivity index (χ4n) is 1.50. The summed E-state index contributed by atoms with van der Waals surface area (Å²) in [6.45, 7) is 6.78. The number of ether oxygens (including phenoxy) is 1. The second-order valence-electron chi connectivity index (χ2n) is 3.62. The van der Waals surface area contributed by atoms with Crippen LogP contribution in [0.5, 0.6) is 0 Å². The van der Waals surface area contributed by atoms with E-state index in [0.717, 1.165) is 44.2 Å². The molecule has 0 spiro atoms. The molecule has 86 valence electrons. The Morgan fingerprint density at radius 1 is 1.47 bits per heavy atom. The lowest BCUT2D eigenvalue weighted by molar-refractivity contribution is 0.129. The highest BCUT2D eigenvalue weighted by Gasteiger charge is 2.02. The minimum atomic E-state index is 0.828. The first-order valence-corrected chi connectivity index (χ1v) is 5.57. The van der Waals surface area contributed by atoms with E-state index >= 15 is 0 Å². The molecule has 0 aromatic carbocycles. The maximum atomic E-state index is 5.43. The molecule has 0 aliphatic rings. The van der Waals surface area contributed by atoms with Crippen molar-refractivity contribution >= 4 is 5.95 Å². The van der Waals surface area contributed by atoms with Crippen molar-refractivity contribution in [3.63, 3.8) is 0 Å². The smallest absolute Gasteiger partial charge is 0.202 e. The standard InChI is InChI=1S/C11H21N3O/c1-4-7-15-8-5-6-14-9-10(2)13-11(14)12-3/h9H,4-8H2,1-3H3,(H,12,13). The number of hydrogen-bond donors (Lipinski definition) is 1. The Balaban J connectivity index is 2.30. The van der Waals surface area contributed by atoms with Crippen LogP contribution in [0.3, 0.4) is 0 Å². The fraction of sp³-hybridized carbons (Fsp3) is 0.727. The van der Waals surface area contributed by atoms with Crippen LogP contribution in [-0.4, -0.2) is 29.8 Å². The quantitative estimate of drug-likeness (QED) is 0.702. The van der Waals surface area contributed by atoms with Gasteiger partial charge in [-0.2, -0.15) is 0 Å². The molecule has 0 saturated heterocycles. The summed E-state index contributed by atoms with van der Waals surface area (Å²) in [6.07, 6.45) is 4.18. The van der Waals surface area contributed by atoms with Crippen LogP contribution in [0.25, 0.3) is 0 Å². The van der Waals surface area contributed by atoms with Gasteiger partial charge in [-0.15, -0.1) is 0 Å². The predicted molar refractivity (Wildman–Crippen MR) is 62.2 cm³/mol. The molecule has 1 rings (SSSR count). The number of hydrogen-bond acceptors (Lipinski definition) is 3. The van der Waals surface area contributed by atoms with E-state index in [9.17, 15) is 0 Å². The van der Waals surface area contributed by atoms with Crippen LogP contribution in [0.2, 0.25) is 0 Å². The molecule has 0 aliphatic heterocycles. The normalized spacial score (nSPS) is 10.6. The van der Waals surface area contributed by atoms with E-state index in [1.165, 1.54) is 0 Å². The van der Waals surface area contributed by atoms with Crippen molar-refractivity contribution in [2.75, 3.05) is 25.6 Å². The summed E-state index contributed by atoms with van der Waals surface area (Å²) >= 11 is 0. The van der Waals surface area contributed by atoms with Crippen LogP contribution in [0.4, 0.5) is 5.95 Å². The van der Waals surface area contributed by atoms with Gasteiger partial charge in [0.25, 0.3) is 0 Å². The lowest BCUT2D eigenvalue weighted by Gasteiger charge is -2.06. The van der Waals surface area contributed by atoms with Gasteiger partial charge in [-0.3, -0.25) is 0 Å². The predicted octanol–water partition coefficient (Wildman–Crippen LogP) is 2.05. The SMILES string of the molecule is CCCOCCCn1cc(C)nc1NC. The van der Waals surface area contributed by atoms with Gasteiger partial charge in [0.2, 0.25) is 5.95 Å². The molecule has 0 amide bonds. The summed E-state index contributed by atoms with van der Waals surface area (Å²) < 4.78 is 7.56. The Kier molecular flexibility index (Phi) is 5.18. The van der Waals surface area contributed by atoms with Gasteiger partial charge in [-0.1, -0.05) is 6.92 Å². The van der Waals surface area contributed by atoms with Crippen LogP contribution in [0.1, 0.15) is 25.5 Å². The molecule has 4 nitrogen and oxygen atoms in total. The van der Waals surface area contributed by atoms with Crippen molar-refractivity contribution in [3.8, 4) is 0 Å². The first-order valence-electron chi connectivity index (χ1n) is 5.57. The Morgan fingerprint density at radius 2 is 2.27 bits per heavy atom. The van der Waals surface area contributed by atoms with Crippen molar-refractivity contribution in [3.05, 3.63) is 11.9 Å². The topological polar surface area (TPSA) is 39.1 Å². The van der Waals surface area contributed by atoms with Gasteiger partial charge < -0.3 is 14.6 Å². The lowest BCUT2D eigenvalue weighted by Crippen LogP contribution is -2.06. The van der Waals surface area contributed by atoms with Crippen molar-refractivity contribution in [1.29, 1.82) is 0 Å². The monoisotopic (exact) mass is 211 g/mol. The third-order valence-electron chi connectivity index (χ3n) is 2.16. The van der Waals surface area contributed by atoms with Gasteiger partial charge in [0.15, 0.2) is 0 Å². The molecule has 1 heterocycles. The second kappa shape index (κ2) is 6.45. The molecular formula is C11H21N3O. The second-order valence-corrected chi connectivity index (χ2v) is 3.62. The molecule has 0 bridgehead atoms. The molecule has 1 N–H and O–H groups in total. The Bertz CT molecular complexity index is 283. The van der Waals surface area contributed by atoms with Crippen LogP contribution < -0.4 is 5.32 Å². The average molecular weight is 211 g/mol. The number of aromatic nitrogens is 2. The highest BCUT2D eigenvalue weighted by Crippen LogP contribution is 2.08. The Hall–Kier alpha value is -1.03. The Labute approximate surface area is 91.7 Å². The van der Waals surface area contributed by atoms with E-state index < -0.39 is 0 Å². The largest absolute Gasteiger partial charge is 0.381 e. The number of imidazole rings is 1. The summed E-state index contributed by atoms with van der Waals surface area (Å²) in [4.78, 5) is 4.36. The number of aryl methyl sites for hydroxylation is 2. The number of nitrogens with zero attached hydrogens (tertiary/aromatic N) is 2. The first kappa shape index (κ1) is 12.0. The van der Waals surface area contributed by atoms with Crippen LogP contribution in [0.15, 0.2) is 6.20 Å². The van der Waals surface area contributed by atoms with E-state index in [1.54, 1.807) is 0 Å². The zero-order valence-electron chi connectivity index (χ0n) is 9.92. The molecule has 0 fully saturated rings. The van der Waals surface area contributed by atoms with E-state index in [-0.39, 0.29) is 0 Å². The van der Waals surface area contributed by atoms with Crippen LogP contribution in [-0.2, 0) is 11.3 Å². The molecule has 4 heteroatoms. The maximum absolute atomic E-state index is 5.43. The summed E-state index contributed by atoms with van der Waals surface area (Å²) in [5.74, 6) is 0.933. The van der Waals surface area contributed by atoms with Gasteiger partial charge in [0, 0.05) is 33.0 Å². The van der Waals surface area contributed by atoms with Crippen molar-refractivity contribution in [2.24, 2.45) is 0 Å². The van der Waals surface area contributed by atoms with Gasteiger partial charge in [-0.25, -0.2) is 4.98 Å². The molecule has 0 radical (unpaired) electrons. The summed E-state index contributed by atoms with van der Waals surface area (Å²) in [5.41, 5.74) is 1.05. The van der Waals surface area contributed by atoms with Gasteiger partial charge >= 0.3 is 0 Å². The van der Waals surface area contributed by atoms with E-state index in [0.29, 0.717) is 0 Å². The molecule has 0 atom stereocenters. The zero-order chi connectivity index (χ0) is 11.1. The number of rotatable bonds is 7. The average Bonchev–Trinajstić information content (AvgIpc) is 2.59. The van der Waals surface area contributed by atoms with Gasteiger partial charge in [0.1, 0.15) is 0 Å². The third-order valence-corrected chi connectivity index (χ3v) is 2.16. The van der Waals surface area contributed by atoms with Crippen molar-refractivity contribution in [2.45, 2.75) is 33.2 Å². The lowest BCUT2D eigenvalue weighted by atomic mass is 10.4. The molecule has 1 aromatic heterocycles. The molecule has 0 aliphatic carbocycles. The molecule has 1 aromatic rings. The van der Waals surface area contributed by atoms with Crippen LogP contribution in [0, 0.1) is 6.92 Å². The Morgan fingerprint density at radius 3 is 2.93 bits per heavy atom. The molecule has 0 unspecified atom stereocenters. The molecular weight excluding hydrogens is 190 g/mol. The third kappa shape index (κ3) is 3.91. The van der Waals surface area contributed by atoms with E-state index in [2.05, 4.69) is 28.0 Å². The maximum Gasteiger partial charge on any atom is 0.202 e. The molecule has 0 saturated carbocycles. The number of anilines is 1. The zero-order valence-corrected chi connectivity index (χ0v) is 9.92.